The average Bonchev–Trinajstić information content (AvgIpc) is 2.80. The molecule has 0 saturated carbocycles. The van der Waals surface area contributed by atoms with Crippen molar-refractivity contribution in [1.29, 1.82) is 0 Å². The molecule has 0 amide bonds. The topological polar surface area (TPSA) is 42.8 Å². The molecule has 4 nitrogen and oxygen atoms in total. The van der Waals surface area contributed by atoms with Crippen molar-refractivity contribution in [3.63, 3.8) is 0 Å². The van der Waals surface area contributed by atoms with Crippen molar-refractivity contribution >= 4 is 23.4 Å². The Morgan fingerprint density at radius 3 is 2.86 bits per heavy atom. The fraction of sp³-hybridized carbons (Fsp3) is 0.250. The number of nitrogens with one attached hydrogen (secondary N) is 1. The molecule has 21 heavy (non-hydrogen) atoms. The second kappa shape index (κ2) is 5.69. The highest BCUT2D eigenvalue weighted by Crippen LogP contribution is 2.19. The van der Waals surface area contributed by atoms with E-state index in [0.717, 1.165) is 35.6 Å². The van der Waals surface area contributed by atoms with Crippen molar-refractivity contribution in [3.05, 3.63) is 52.4 Å². The first kappa shape index (κ1) is 13.8. The average molecular weight is 299 g/mol. The Bertz CT molecular complexity index is 835. The Morgan fingerprint density at radius 2 is 2.05 bits per heavy atom. The van der Waals surface area contributed by atoms with Gasteiger partial charge >= 0.3 is 0 Å². The number of nitrogens with zero attached hydrogens (tertiary/aromatic N) is 2. The van der Waals surface area contributed by atoms with Crippen LogP contribution in [0.5, 0.6) is 5.75 Å². The maximum atomic E-state index is 5.41. The molecule has 0 aliphatic carbocycles. The molecule has 2 aromatic heterocycles. The van der Waals surface area contributed by atoms with Gasteiger partial charge in [-0.15, -0.1) is 0 Å². The highest BCUT2D eigenvalue weighted by molar-refractivity contribution is 7.71. The van der Waals surface area contributed by atoms with Crippen molar-refractivity contribution in [3.8, 4) is 5.75 Å². The number of pyridine rings is 1. The number of rotatable bonds is 4. The van der Waals surface area contributed by atoms with Gasteiger partial charge in [-0.3, -0.25) is 0 Å². The van der Waals surface area contributed by atoms with Gasteiger partial charge in [-0.1, -0.05) is 18.2 Å². The second-order valence-corrected chi connectivity index (χ2v) is 5.35. The number of aromatic amines is 1. The van der Waals surface area contributed by atoms with E-state index in [-0.39, 0.29) is 0 Å². The first-order chi connectivity index (χ1) is 10.2. The highest BCUT2D eigenvalue weighted by Gasteiger charge is 2.08. The number of hydrogen-bond donors (Lipinski definition) is 1. The molecule has 0 radical (unpaired) electrons. The zero-order valence-electron chi connectivity index (χ0n) is 12.1. The van der Waals surface area contributed by atoms with Crippen LogP contribution in [0.15, 0.2) is 36.4 Å². The maximum absolute atomic E-state index is 5.41. The molecule has 0 unspecified atom stereocenters. The first-order valence-corrected chi connectivity index (χ1v) is 7.28. The molecular weight excluding hydrogens is 282 g/mol. The van der Waals surface area contributed by atoms with E-state index >= 15 is 0 Å². The molecule has 108 valence electrons. The summed E-state index contributed by atoms with van der Waals surface area (Å²) in [7, 11) is 1.70. The molecule has 0 fully saturated rings. The number of H-pyrrole nitrogens is 1. The smallest absolute Gasteiger partial charge is 0.179 e. The third-order valence-corrected chi connectivity index (χ3v) is 3.88. The van der Waals surface area contributed by atoms with Crippen LogP contribution in [-0.4, -0.2) is 21.6 Å². The molecule has 0 saturated heterocycles. The van der Waals surface area contributed by atoms with Gasteiger partial charge in [0.05, 0.1) is 12.6 Å². The molecule has 1 N–H and O–H groups in total. The van der Waals surface area contributed by atoms with Crippen molar-refractivity contribution in [2.45, 2.75) is 19.9 Å². The largest absolute Gasteiger partial charge is 0.496 e. The van der Waals surface area contributed by atoms with Crippen molar-refractivity contribution in [2.75, 3.05) is 7.11 Å². The predicted octanol–water partition coefficient (Wildman–Crippen LogP) is 3.65. The minimum absolute atomic E-state index is 0.706. The monoisotopic (exact) mass is 299 g/mol. The van der Waals surface area contributed by atoms with Crippen molar-refractivity contribution < 1.29 is 4.74 Å². The Labute approximate surface area is 128 Å². The van der Waals surface area contributed by atoms with Gasteiger partial charge in [0.2, 0.25) is 0 Å². The van der Waals surface area contributed by atoms with Crippen LogP contribution in [-0.2, 0) is 13.0 Å². The van der Waals surface area contributed by atoms with Crippen molar-refractivity contribution in [2.24, 2.45) is 0 Å². The van der Waals surface area contributed by atoms with Crippen LogP contribution in [0.2, 0.25) is 0 Å². The van der Waals surface area contributed by atoms with Crippen LogP contribution in [0, 0.1) is 11.7 Å². The van der Waals surface area contributed by atoms with E-state index < -0.39 is 0 Å². The van der Waals surface area contributed by atoms with E-state index in [4.69, 9.17) is 17.0 Å². The third kappa shape index (κ3) is 2.69. The quantitative estimate of drug-likeness (QED) is 0.748. The Balaban J connectivity index is 1.93. The Morgan fingerprint density at radius 1 is 1.24 bits per heavy atom. The van der Waals surface area contributed by atoms with E-state index in [2.05, 4.69) is 16.0 Å². The van der Waals surface area contributed by atoms with Gasteiger partial charge in [-0.05, 0) is 49.3 Å². The number of ether oxygens (including phenoxy) is 1. The molecule has 3 rings (SSSR count). The SMILES string of the molecule is COc1ccccc1CCn1c(=S)[nH]c2ccc(C)nc21. The summed E-state index contributed by atoms with van der Waals surface area (Å²) in [4.78, 5) is 7.79. The summed E-state index contributed by atoms with van der Waals surface area (Å²) in [6.07, 6.45) is 0.848. The zero-order valence-corrected chi connectivity index (χ0v) is 12.9. The molecule has 0 aliphatic rings. The van der Waals surface area contributed by atoms with Gasteiger partial charge in [0, 0.05) is 12.2 Å². The summed E-state index contributed by atoms with van der Waals surface area (Å²) < 4.78 is 8.15. The lowest BCUT2D eigenvalue weighted by molar-refractivity contribution is 0.408. The molecular formula is C16H17N3OS. The maximum Gasteiger partial charge on any atom is 0.179 e. The molecule has 0 atom stereocenters. The van der Waals surface area contributed by atoms with Crippen LogP contribution in [0.4, 0.5) is 0 Å². The van der Waals surface area contributed by atoms with Crippen LogP contribution in [0.3, 0.4) is 0 Å². The van der Waals surface area contributed by atoms with Gasteiger partial charge < -0.3 is 14.3 Å². The lowest BCUT2D eigenvalue weighted by atomic mass is 10.1. The second-order valence-electron chi connectivity index (χ2n) is 4.97. The number of fused-ring (bicyclic) bond motifs is 1. The molecule has 1 aromatic carbocycles. The van der Waals surface area contributed by atoms with E-state index in [0.29, 0.717) is 4.77 Å². The number of methoxy groups -OCH3 is 1. The minimum atomic E-state index is 0.706. The summed E-state index contributed by atoms with van der Waals surface area (Å²) in [5, 5.41) is 0. The zero-order chi connectivity index (χ0) is 14.8. The summed E-state index contributed by atoms with van der Waals surface area (Å²) in [5.74, 6) is 0.910. The van der Waals surface area contributed by atoms with Crippen LogP contribution < -0.4 is 4.74 Å². The van der Waals surface area contributed by atoms with Crippen LogP contribution in [0.1, 0.15) is 11.3 Å². The van der Waals surface area contributed by atoms with Gasteiger partial charge in [-0.2, -0.15) is 0 Å². The van der Waals surface area contributed by atoms with E-state index in [1.807, 2.05) is 41.8 Å². The van der Waals surface area contributed by atoms with Gasteiger partial charge in [-0.25, -0.2) is 4.98 Å². The summed E-state index contributed by atoms with van der Waals surface area (Å²) in [5.41, 5.74) is 4.05. The highest BCUT2D eigenvalue weighted by atomic mass is 32.1. The Kier molecular flexibility index (Phi) is 3.75. The molecule has 2 heterocycles. The molecule has 5 heteroatoms. The van der Waals surface area contributed by atoms with Crippen LogP contribution >= 0.6 is 12.2 Å². The number of hydrogen-bond acceptors (Lipinski definition) is 3. The standard InChI is InChI=1S/C16H17N3OS/c1-11-7-8-13-15(17-11)19(16(21)18-13)10-9-12-5-3-4-6-14(12)20-2/h3-8H,9-10H2,1-2H3,(H,18,21). The van der Waals surface area contributed by atoms with Crippen molar-refractivity contribution in [1.82, 2.24) is 14.5 Å². The van der Waals surface area contributed by atoms with E-state index in [9.17, 15) is 0 Å². The fourth-order valence-electron chi connectivity index (χ4n) is 2.47. The lowest BCUT2D eigenvalue weighted by Crippen LogP contribution is -2.04. The van der Waals surface area contributed by atoms with E-state index in [1.165, 1.54) is 5.56 Å². The molecule has 0 bridgehead atoms. The van der Waals surface area contributed by atoms with Gasteiger partial charge in [0.25, 0.3) is 0 Å². The summed E-state index contributed by atoms with van der Waals surface area (Å²) in [6, 6.07) is 12.1. The first-order valence-electron chi connectivity index (χ1n) is 6.87. The normalized spacial score (nSPS) is 11.0. The fourth-order valence-corrected chi connectivity index (χ4v) is 2.76. The minimum Gasteiger partial charge on any atom is -0.496 e. The Hall–Kier alpha value is -2.14. The van der Waals surface area contributed by atoms with Gasteiger partial charge in [0.1, 0.15) is 5.75 Å². The molecule has 0 aliphatic heterocycles. The third-order valence-electron chi connectivity index (χ3n) is 3.55. The number of aryl methyl sites for hydroxylation is 3. The number of aromatic nitrogens is 3. The van der Waals surface area contributed by atoms with E-state index in [1.54, 1.807) is 7.11 Å². The number of imidazole rings is 1. The molecule has 0 spiro atoms. The number of benzene rings is 1. The lowest BCUT2D eigenvalue weighted by Gasteiger charge is -2.09. The summed E-state index contributed by atoms with van der Waals surface area (Å²) in [6.45, 7) is 2.76. The molecule has 3 aromatic rings. The summed E-state index contributed by atoms with van der Waals surface area (Å²) >= 11 is 5.41. The predicted molar refractivity (Wildman–Crippen MR) is 86.4 cm³/mol. The van der Waals surface area contributed by atoms with Gasteiger partial charge in [0.15, 0.2) is 10.4 Å². The van der Waals surface area contributed by atoms with Crippen LogP contribution in [0.25, 0.3) is 11.2 Å². The number of para-hydroxylation sites is 1.